The predicted octanol–water partition coefficient (Wildman–Crippen LogP) is 3.13. The lowest BCUT2D eigenvalue weighted by Gasteiger charge is -2.47. The Balaban J connectivity index is 1.69. The van der Waals surface area contributed by atoms with Crippen LogP contribution in [-0.2, 0) is 0 Å². The highest BCUT2D eigenvalue weighted by Gasteiger charge is 2.36. The van der Waals surface area contributed by atoms with Gasteiger partial charge in [-0.3, -0.25) is 4.79 Å². The van der Waals surface area contributed by atoms with Gasteiger partial charge >= 0.3 is 0 Å². The molecular weight excluding hydrogens is 309 g/mol. The number of amides is 1. The number of aromatic nitrogens is 1. The van der Waals surface area contributed by atoms with Gasteiger partial charge in [0.25, 0.3) is 5.91 Å². The van der Waals surface area contributed by atoms with Crippen LogP contribution in [0.1, 0.15) is 42.6 Å². The molecule has 0 aromatic carbocycles. The van der Waals surface area contributed by atoms with Gasteiger partial charge in [-0.15, -0.1) is 0 Å². The Hall–Kier alpha value is -0.840. The summed E-state index contributed by atoms with van der Waals surface area (Å²) >= 11 is 11.9. The standard InChI is InChI=1S/C15H19Cl2N3O/c1-20-10-3-2-4-11(20)8-9(7-10)18-15(21)14-12(16)5-6-13(17)19-14/h5-6,9-11H,2-4,7-8H2,1H3,(H,18,21). The van der Waals surface area contributed by atoms with Gasteiger partial charge in [0.2, 0.25) is 0 Å². The molecule has 0 saturated carbocycles. The second kappa shape index (κ2) is 6.11. The topological polar surface area (TPSA) is 45.2 Å². The molecule has 0 spiro atoms. The summed E-state index contributed by atoms with van der Waals surface area (Å²) in [5.74, 6) is -0.227. The fourth-order valence-electron chi connectivity index (χ4n) is 3.57. The Kier molecular flexibility index (Phi) is 4.38. The number of piperidine rings is 2. The molecule has 4 nitrogen and oxygen atoms in total. The van der Waals surface area contributed by atoms with Crippen molar-refractivity contribution in [2.24, 2.45) is 0 Å². The molecule has 2 aliphatic rings. The van der Waals surface area contributed by atoms with Crippen LogP contribution in [0.15, 0.2) is 12.1 Å². The van der Waals surface area contributed by atoms with Crippen molar-refractivity contribution in [2.75, 3.05) is 7.05 Å². The highest BCUT2D eigenvalue weighted by atomic mass is 35.5. The Morgan fingerprint density at radius 1 is 1.29 bits per heavy atom. The van der Waals surface area contributed by atoms with E-state index in [4.69, 9.17) is 23.2 Å². The number of halogens is 2. The van der Waals surface area contributed by atoms with E-state index in [2.05, 4.69) is 22.2 Å². The largest absolute Gasteiger partial charge is 0.348 e. The summed E-state index contributed by atoms with van der Waals surface area (Å²) in [5.41, 5.74) is 0.216. The van der Waals surface area contributed by atoms with Gasteiger partial charge in [0.05, 0.1) is 5.02 Å². The first kappa shape index (κ1) is 15.1. The third-order valence-electron chi connectivity index (χ3n) is 4.70. The van der Waals surface area contributed by atoms with E-state index in [9.17, 15) is 4.79 Å². The van der Waals surface area contributed by atoms with E-state index in [0.29, 0.717) is 17.1 Å². The van der Waals surface area contributed by atoms with Gasteiger partial charge < -0.3 is 10.2 Å². The monoisotopic (exact) mass is 327 g/mol. The molecule has 1 N–H and O–H groups in total. The third kappa shape index (κ3) is 3.17. The molecule has 2 fully saturated rings. The van der Waals surface area contributed by atoms with E-state index in [1.807, 2.05) is 0 Å². The summed E-state index contributed by atoms with van der Waals surface area (Å²) in [6, 6.07) is 4.53. The molecule has 1 aromatic heterocycles. The van der Waals surface area contributed by atoms with E-state index in [1.54, 1.807) is 12.1 Å². The van der Waals surface area contributed by atoms with Gasteiger partial charge in [-0.05, 0) is 44.9 Å². The molecule has 1 aromatic rings. The first-order valence-corrected chi connectivity index (χ1v) is 8.15. The van der Waals surface area contributed by atoms with Gasteiger partial charge in [-0.2, -0.15) is 0 Å². The molecule has 2 aliphatic heterocycles. The normalized spacial score (nSPS) is 29.2. The van der Waals surface area contributed by atoms with Crippen LogP contribution < -0.4 is 5.32 Å². The average Bonchev–Trinajstić information content (AvgIpc) is 2.42. The number of carbonyl (C=O) groups is 1. The predicted molar refractivity (Wildman–Crippen MR) is 83.9 cm³/mol. The molecule has 2 unspecified atom stereocenters. The Morgan fingerprint density at radius 3 is 2.62 bits per heavy atom. The van der Waals surface area contributed by atoms with E-state index in [1.165, 1.54) is 19.3 Å². The van der Waals surface area contributed by atoms with Crippen molar-refractivity contribution in [1.29, 1.82) is 0 Å². The lowest BCUT2D eigenvalue weighted by molar-refractivity contribution is 0.0462. The number of carbonyl (C=O) groups excluding carboxylic acids is 1. The van der Waals surface area contributed by atoms with Crippen molar-refractivity contribution in [3.63, 3.8) is 0 Å². The van der Waals surface area contributed by atoms with Crippen LogP contribution in [0, 0.1) is 0 Å². The maximum Gasteiger partial charge on any atom is 0.271 e. The number of hydrogen-bond acceptors (Lipinski definition) is 3. The molecule has 0 aliphatic carbocycles. The number of nitrogens with one attached hydrogen (secondary N) is 1. The molecule has 114 valence electrons. The second-order valence-corrected chi connectivity index (χ2v) is 6.80. The minimum Gasteiger partial charge on any atom is -0.348 e. The fourth-order valence-corrected chi connectivity index (χ4v) is 3.90. The molecule has 2 atom stereocenters. The zero-order valence-electron chi connectivity index (χ0n) is 12.0. The maximum atomic E-state index is 12.4. The van der Waals surface area contributed by atoms with Gasteiger partial charge in [0.1, 0.15) is 10.8 Å². The maximum absolute atomic E-state index is 12.4. The molecule has 2 bridgehead atoms. The minimum atomic E-state index is -0.227. The van der Waals surface area contributed by atoms with Gasteiger partial charge in [-0.25, -0.2) is 4.98 Å². The number of nitrogens with zero attached hydrogens (tertiary/aromatic N) is 2. The van der Waals surface area contributed by atoms with Crippen LogP contribution >= 0.6 is 23.2 Å². The number of rotatable bonds is 2. The van der Waals surface area contributed by atoms with Crippen LogP contribution in [-0.4, -0.2) is 41.0 Å². The highest BCUT2D eigenvalue weighted by molar-refractivity contribution is 6.34. The van der Waals surface area contributed by atoms with Crippen molar-refractivity contribution < 1.29 is 4.79 Å². The lowest BCUT2D eigenvalue weighted by atomic mass is 9.82. The third-order valence-corrected chi connectivity index (χ3v) is 5.22. The minimum absolute atomic E-state index is 0.195. The van der Waals surface area contributed by atoms with Crippen LogP contribution in [0.5, 0.6) is 0 Å². The van der Waals surface area contributed by atoms with Crippen LogP contribution in [0.4, 0.5) is 0 Å². The van der Waals surface area contributed by atoms with Crippen LogP contribution in [0.2, 0.25) is 10.2 Å². The molecule has 3 rings (SSSR count). The quantitative estimate of drug-likeness (QED) is 0.849. The molecule has 21 heavy (non-hydrogen) atoms. The number of fused-ring (bicyclic) bond motifs is 2. The molecule has 2 saturated heterocycles. The summed E-state index contributed by atoms with van der Waals surface area (Å²) in [4.78, 5) is 18.9. The van der Waals surface area contributed by atoms with Gasteiger partial charge in [0.15, 0.2) is 0 Å². The van der Waals surface area contributed by atoms with Crippen molar-refractivity contribution in [2.45, 2.75) is 50.2 Å². The van der Waals surface area contributed by atoms with Gasteiger partial charge in [-0.1, -0.05) is 29.6 Å². The first-order valence-electron chi connectivity index (χ1n) is 7.39. The Labute approximate surface area is 134 Å². The lowest BCUT2D eigenvalue weighted by Crippen LogP contribution is -2.55. The van der Waals surface area contributed by atoms with Crippen molar-refractivity contribution in [1.82, 2.24) is 15.2 Å². The highest BCUT2D eigenvalue weighted by Crippen LogP contribution is 2.32. The summed E-state index contributed by atoms with van der Waals surface area (Å²) in [6.45, 7) is 0. The molecule has 3 heterocycles. The number of pyridine rings is 1. The van der Waals surface area contributed by atoms with Crippen molar-refractivity contribution >= 4 is 29.1 Å². The molecule has 1 amide bonds. The summed E-state index contributed by atoms with van der Waals surface area (Å²) in [7, 11) is 2.20. The molecule has 6 heteroatoms. The van der Waals surface area contributed by atoms with E-state index in [0.717, 1.165) is 12.8 Å². The number of hydrogen-bond donors (Lipinski definition) is 1. The molecular formula is C15H19Cl2N3O. The van der Waals surface area contributed by atoms with E-state index in [-0.39, 0.29) is 22.8 Å². The van der Waals surface area contributed by atoms with Crippen LogP contribution in [0.3, 0.4) is 0 Å². The summed E-state index contributed by atoms with van der Waals surface area (Å²) < 4.78 is 0. The smallest absolute Gasteiger partial charge is 0.271 e. The summed E-state index contributed by atoms with van der Waals surface area (Å²) in [5, 5.41) is 3.70. The zero-order chi connectivity index (χ0) is 15.0. The Morgan fingerprint density at radius 2 is 1.95 bits per heavy atom. The summed E-state index contributed by atoms with van der Waals surface area (Å²) in [6.07, 6.45) is 5.72. The fraction of sp³-hybridized carbons (Fsp3) is 0.600. The average molecular weight is 328 g/mol. The SMILES string of the molecule is CN1C2CCCC1CC(NC(=O)c1nc(Cl)ccc1Cl)C2. The Bertz CT molecular complexity index is 538. The second-order valence-electron chi connectivity index (χ2n) is 6.01. The zero-order valence-corrected chi connectivity index (χ0v) is 13.5. The molecule has 0 radical (unpaired) electrons. The van der Waals surface area contributed by atoms with Crippen molar-refractivity contribution in [3.8, 4) is 0 Å². The van der Waals surface area contributed by atoms with Crippen LogP contribution in [0.25, 0.3) is 0 Å². The van der Waals surface area contributed by atoms with E-state index >= 15 is 0 Å². The van der Waals surface area contributed by atoms with Crippen molar-refractivity contribution in [3.05, 3.63) is 28.0 Å². The van der Waals surface area contributed by atoms with Gasteiger partial charge in [0, 0.05) is 18.1 Å². The first-order chi connectivity index (χ1) is 10.0. The van der Waals surface area contributed by atoms with E-state index < -0.39 is 0 Å².